The zero-order chi connectivity index (χ0) is 11.4. The largest absolute Gasteiger partial charge is 0.266 e. The maximum absolute atomic E-state index is 13.3. The summed E-state index contributed by atoms with van der Waals surface area (Å²) in [5.41, 5.74) is -0.907. The molecule has 0 aromatic carbocycles. The molecule has 0 aliphatic rings. The molecule has 0 aliphatic heterocycles. The molecule has 15 heavy (non-hydrogen) atoms. The SMILES string of the molecule is N#CCc1nc(CCl)cc(C(F)F)c1F. The Balaban J connectivity index is 3.28. The quantitative estimate of drug-likeness (QED) is 0.754. The van der Waals surface area contributed by atoms with Gasteiger partial charge in [-0.1, -0.05) is 0 Å². The molecule has 0 aliphatic carbocycles. The zero-order valence-electron chi connectivity index (χ0n) is 7.48. The molecule has 0 N–H and O–H groups in total. The van der Waals surface area contributed by atoms with Crippen LogP contribution in [0.15, 0.2) is 6.07 Å². The van der Waals surface area contributed by atoms with Crippen molar-refractivity contribution < 1.29 is 13.2 Å². The highest BCUT2D eigenvalue weighted by Crippen LogP contribution is 2.25. The van der Waals surface area contributed by atoms with E-state index in [0.29, 0.717) is 0 Å². The lowest BCUT2D eigenvalue weighted by Gasteiger charge is -2.07. The molecule has 0 atom stereocenters. The van der Waals surface area contributed by atoms with Crippen molar-refractivity contribution in [1.82, 2.24) is 4.98 Å². The molecule has 0 radical (unpaired) electrons. The molecule has 0 saturated heterocycles. The molecule has 0 spiro atoms. The Morgan fingerprint density at radius 3 is 2.67 bits per heavy atom. The standard InChI is InChI=1S/C9H6ClF3N2/c10-4-5-3-6(9(12)13)8(11)7(15-5)1-2-14/h3,9H,1,4H2. The summed E-state index contributed by atoms with van der Waals surface area (Å²) in [5.74, 6) is -1.22. The highest BCUT2D eigenvalue weighted by molar-refractivity contribution is 6.16. The molecule has 1 aromatic heterocycles. The Morgan fingerprint density at radius 1 is 1.53 bits per heavy atom. The molecule has 1 aromatic rings. The van der Waals surface area contributed by atoms with Crippen LogP contribution in [0.3, 0.4) is 0 Å². The number of nitrogens with zero attached hydrogens (tertiary/aromatic N) is 2. The van der Waals surface area contributed by atoms with Gasteiger partial charge in [-0.3, -0.25) is 4.98 Å². The third kappa shape index (κ3) is 2.60. The van der Waals surface area contributed by atoms with Gasteiger partial charge in [0, 0.05) is 0 Å². The van der Waals surface area contributed by atoms with Gasteiger partial charge in [0.1, 0.15) is 0 Å². The first-order valence-corrected chi connectivity index (χ1v) is 4.52. The van der Waals surface area contributed by atoms with E-state index in [-0.39, 0.29) is 23.7 Å². The topological polar surface area (TPSA) is 36.7 Å². The molecular weight excluding hydrogens is 229 g/mol. The Kier molecular flexibility index (Phi) is 3.92. The fourth-order valence-corrected chi connectivity index (χ4v) is 1.22. The minimum atomic E-state index is -2.94. The van der Waals surface area contributed by atoms with Crippen molar-refractivity contribution in [2.75, 3.05) is 0 Å². The van der Waals surface area contributed by atoms with Gasteiger partial charge < -0.3 is 0 Å². The average Bonchev–Trinajstić information content (AvgIpc) is 2.21. The summed E-state index contributed by atoms with van der Waals surface area (Å²) in [6.45, 7) is 0. The number of pyridine rings is 1. The molecule has 0 fully saturated rings. The molecule has 1 heterocycles. The average molecular weight is 235 g/mol. The monoisotopic (exact) mass is 234 g/mol. The van der Waals surface area contributed by atoms with E-state index in [4.69, 9.17) is 16.9 Å². The Labute approximate surface area is 89.3 Å². The second-order valence-corrected chi connectivity index (χ2v) is 3.00. The zero-order valence-corrected chi connectivity index (χ0v) is 8.23. The van der Waals surface area contributed by atoms with Crippen molar-refractivity contribution >= 4 is 11.6 Å². The second kappa shape index (κ2) is 4.99. The van der Waals surface area contributed by atoms with Crippen molar-refractivity contribution in [3.63, 3.8) is 0 Å². The Hall–Kier alpha value is -1.28. The van der Waals surface area contributed by atoms with Crippen molar-refractivity contribution in [2.45, 2.75) is 18.7 Å². The van der Waals surface area contributed by atoms with Crippen LogP contribution in [0.2, 0.25) is 0 Å². The normalized spacial score (nSPS) is 10.4. The van der Waals surface area contributed by atoms with E-state index in [1.165, 1.54) is 0 Å². The first kappa shape index (κ1) is 11.8. The van der Waals surface area contributed by atoms with E-state index in [0.717, 1.165) is 6.07 Å². The van der Waals surface area contributed by atoms with Gasteiger partial charge in [-0.25, -0.2) is 13.2 Å². The van der Waals surface area contributed by atoms with Gasteiger partial charge in [0.05, 0.1) is 35.3 Å². The van der Waals surface area contributed by atoms with E-state index < -0.39 is 17.8 Å². The third-order valence-corrected chi connectivity index (χ3v) is 2.00. The summed E-state index contributed by atoms with van der Waals surface area (Å²) in [6, 6.07) is 2.56. The van der Waals surface area contributed by atoms with Gasteiger partial charge in [-0.05, 0) is 6.07 Å². The lowest BCUT2D eigenvalue weighted by atomic mass is 10.1. The number of hydrogen-bond donors (Lipinski definition) is 0. The summed E-state index contributed by atoms with van der Waals surface area (Å²) in [7, 11) is 0. The summed E-state index contributed by atoms with van der Waals surface area (Å²) in [5, 5.41) is 8.36. The Bertz CT molecular complexity index is 401. The summed E-state index contributed by atoms with van der Waals surface area (Å²) in [6.07, 6.45) is -3.29. The Morgan fingerprint density at radius 2 is 2.20 bits per heavy atom. The lowest BCUT2D eigenvalue weighted by Crippen LogP contribution is -2.03. The number of rotatable bonds is 3. The van der Waals surface area contributed by atoms with E-state index >= 15 is 0 Å². The minimum Gasteiger partial charge on any atom is -0.252 e. The summed E-state index contributed by atoms with van der Waals surface area (Å²) < 4.78 is 38.0. The molecular formula is C9H6ClF3N2. The van der Waals surface area contributed by atoms with Crippen molar-refractivity contribution in [2.24, 2.45) is 0 Å². The van der Waals surface area contributed by atoms with E-state index in [1.54, 1.807) is 6.07 Å². The van der Waals surface area contributed by atoms with Crippen LogP contribution >= 0.6 is 11.6 Å². The third-order valence-electron chi connectivity index (χ3n) is 1.73. The predicted molar refractivity (Wildman–Crippen MR) is 48.0 cm³/mol. The highest BCUT2D eigenvalue weighted by Gasteiger charge is 2.18. The van der Waals surface area contributed by atoms with Crippen LogP contribution < -0.4 is 0 Å². The molecule has 6 heteroatoms. The fraction of sp³-hybridized carbons (Fsp3) is 0.333. The summed E-state index contributed by atoms with van der Waals surface area (Å²) in [4.78, 5) is 3.66. The van der Waals surface area contributed by atoms with Crippen molar-refractivity contribution in [3.8, 4) is 6.07 Å². The summed E-state index contributed by atoms with van der Waals surface area (Å²) >= 11 is 5.42. The number of halogens is 4. The number of hydrogen-bond acceptors (Lipinski definition) is 2. The molecule has 0 bridgehead atoms. The van der Waals surface area contributed by atoms with Gasteiger partial charge in [0.15, 0.2) is 5.82 Å². The van der Waals surface area contributed by atoms with Crippen LogP contribution in [0, 0.1) is 17.1 Å². The number of aromatic nitrogens is 1. The lowest BCUT2D eigenvalue weighted by molar-refractivity contribution is 0.145. The van der Waals surface area contributed by atoms with Crippen molar-refractivity contribution in [1.29, 1.82) is 5.26 Å². The first-order valence-electron chi connectivity index (χ1n) is 3.99. The molecule has 0 unspecified atom stereocenters. The maximum Gasteiger partial charge on any atom is 0.266 e. The van der Waals surface area contributed by atoms with Crippen LogP contribution in [0.5, 0.6) is 0 Å². The van der Waals surface area contributed by atoms with Crippen LogP contribution in [0.25, 0.3) is 0 Å². The molecule has 1 rings (SSSR count). The van der Waals surface area contributed by atoms with Crippen LogP contribution in [0.1, 0.15) is 23.4 Å². The van der Waals surface area contributed by atoms with Gasteiger partial charge in [-0.2, -0.15) is 5.26 Å². The minimum absolute atomic E-state index is 0.0988. The van der Waals surface area contributed by atoms with Gasteiger partial charge >= 0.3 is 0 Å². The van der Waals surface area contributed by atoms with Gasteiger partial charge in [0.2, 0.25) is 0 Å². The van der Waals surface area contributed by atoms with Crippen LogP contribution in [-0.2, 0) is 12.3 Å². The molecule has 0 saturated carbocycles. The molecule has 80 valence electrons. The fourth-order valence-electron chi connectivity index (χ4n) is 1.08. The van der Waals surface area contributed by atoms with E-state index in [2.05, 4.69) is 4.98 Å². The molecule has 0 amide bonds. The number of nitriles is 1. The molecule has 2 nitrogen and oxygen atoms in total. The van der Waals surface area contributed by atoms with Crippen LogP contribution in [0.4, 0.5) is 13.2 Å². The van der Waals surface area contributed by atoms with E-state index in [9.17, 15) is 13.2 Å². The van der Waals surface area contributed by atoms with Crippen LogP contribution in [-0.4, -0.2) is 4.98 Å². The number of alkyl halides is 3. The highest BCUT2D eigenvalue weighted by atomic mass is 35.5. The van der Waals surface area contributed by atoms with Crippen molar-refractivity contribution in [3.05, 3.63) is 28.8 Å². The smallest absolute Gasteiger partial charge is 0.252 e. The van der Waals surface area contributed by atoms with E-state index in [1.807, 2.05) is 0 Å². The second-order valence-electron chi connectivity index (χ2n) is 2.73. The predicted octanol–water partition coefficient (Wildman–Crippen LogP) is 2.96. The first-order chi connectivity index (χ1) is 7.10. The maximum atomic E-state index is 13.3. The van der Waals surface area contributed by atoms with Gasteiger partial charge in [-0.15, -0.1) is 11.6 Å². The van der Waals surface area contributed by atoms with Gasteiger partial charge in [0.25, 0.3) is 6.43 Å².